The van der Waals surface area contributed by atoms with E-state index in [4.69, 9.17) is 50.4 Å². The van der Waals surface area contributed by atoms with Crippen LogP contribution in [0.1, 0.15) is 57.9 Å². The summed E-state index contributed by atoms with van der Waals surface area (Å²) in [4.78, 5) is 9.91. The van der Waals surface area contributed by atoms with Crippen molar-refractivity contribution in [3.05, 3.63) is 40.9 Å². The van der Waals surface area contributed by atoms with E-state index in [0.29, 0.717) is 59.7 Å². The Hall–Kier alpha value is -1.70. The molecule has 3 fully saturated rings. The molecule has 3 aliphatic rings. The molecule has 12 heteroatoms. The van der Waals surface area contributed by atoms with Gasteiger partial charge in [0.25, 0.3) is 0 Å². The summed E-state index contributed by atoms with van der Waals surface area (Å²) in [5.74, 6) is 0.552. The van der Waals surface area contributed by atoms with Gasteiger partial charge in [0.15, 0.2) is 11.8 Å². The van der Waals surface area contributed by atoms with Crippen molar-refractivity contribution in [1.82, 2.24) is 14.5 Å². The number of rotatable bonds is 11. The van der Waals surface area contributed by atoms with Crippen LogP contribution in [0.3, 0.4) is 0 Å². The molecule has 4 heterocycles. The second-order valence-corrected chi connectivity index (χ2v) is 22.8. The van der Waals surface area contributed by atoms with Gasteiger partial charge in [-0.15, -0.1) is 0 Å². The van der Waals surface area contributed by atoms with Crippen molar-refractivity contribution in [1.29, 1.82) is 0 Å². The summed E-state index contributed by atoms with van der Waals surface area (Å²) >= 11 is 8.31. The van der Waals surface area contributed by atoms with E-state index in [9.17, 15) is 0 Å². The average molecular weight is 689 g/mol. The van der Waals surface area contributed by atoms with Gasteiger partial charge in [-0.1, -0.05) is 55.5 Å². The van der Waals surface area contributed by atoms with Crippen molar-refractivity contribution < 1.29 is 23.1 Å². The number of hydrogen-bond acceptors (Lipinski definition) is 9. The molecule has 3 aromatic rings. The fourth-order valence-electron chi connectivity index (χ4n) is 6.27. The lowest BCUT2D eigenvalue weighted by Gasteiger charge is -2.26. The number of hydrogen-bond donors (Lipinski definition) is 1. The first-order valence-corrected chi connectivity index (χ1v) is 21.4. The molecule has 9 nitrogen and oxygen atoms in total. The highest BCUT2D eigenvalue weighted by Gasteiger charge is 2.50. The van der Waals surface area contributed by atoms with Crippen LogP contribution in [0.5, 0.6) is 6.01 Å². The van der Waals surface area contributed by atoms with Gasteiger partial charge in [0, 0.05) is 31.0 Å². The average Bonchev–Trinajstić information content (AvgIpc) is 3.68. The second-order valence-electron chi connectivity index (χ2n) is 15.1. The Morgan fingerprint density at radius 1 is 1.00 bits per heavy atom. The molecule has 2 aromatic heterocycles. The minimum Gasteiger partial charge on any atom is -0.456 e. The van der Waals surface area contributed by atoms with Crippen LogP contribution in [-0.4, -0.2) is 77.6 Å². The van der Waals surface area contributed by atoms with Crippen LogP contribution in [0.4, 0.5) is 0 Å². The Morgan fingerprint density at radius 2 is 1.67 bits per heavy atom. The Kier molecular flexibility index (Phi) is 10.4. The highest BCUT2D eigenvalue weighted by Crippen LogP contribution is 2.38. The number of pyridine rings is 1. The molecule has 0 unspecified atom stereocenters. The highest BCUT2D eigenvalue weighted by molar-refractivity contribution is 7.96. The van der Waals surface area contributed by atoms with Crippen LogP contribution in [0, 0.1) is 0 Å². The molecule has 1 aliphatic carbocycles. The van der Waals surface area contributed by atoms with Crippen molar-refractivity contribution in [3.8, 4) is 17.3 Å². The van der Waals surface area contributed by atoms with Crippen molar-refractivity contribution in [2.75, 3.05) is 19.8 Å². The fourth-order valence-corrected chi connectivity index (χ4v) is 7.86. The zero-order valence-corrected chi connectivity index (χ0v) is 30.5. The van der Waals surface area contributed by atoms with E-state index in [1.807, 2.05) is 10.6 Å². The van der Waals surface area contributed by atoms with Gasteiger partial charge in [0.05, 0.1) is 23.9 Å². The molecular formula is C34H49ClN4O5SSi. The van der Waals surface area contributed by atoms with E-state index in [-0.39, 0.29) is 35.9 Å². The minimum atomic E-state index is -1.26. The summed E-state index contributed by atoms with van der Waals surface area (Å²) in [6.45, 7) is 15.2. The first kappa shape index (κ1) is 34.2. The predicted octanol–water partition coefficient (Wildman–Crippen LogP) is 7.43. The maximum atomic E-state index is 6.85. The largest absolute Gasteiger partial charge is 0.456 e. The number of halogens is 1. The quantitative estimate of drug-likeness (QED) is 0.125. The number of nitrogens with zero attached hydrogens (tertiary/aromatic N) is 3. The lowest BCUT2D eigenvalue weighted by atomic mass is 9.82. The van der Waals surface area contributed by atoms with E-state index in [0.717, 1.165) is 37.3 Å². The topological polar surface area (TPSA) is 103 Å². The van der Waals surface area contributed by atoms with Crippen molar-refractivity contribution in [2.24, 2.45) is 5.73 Å². The van der Waals surface area contributed by atoms with E-state index < -0.39 is 8.07 Å². The van der Waals surface area contributed by atoms with Crippen LogP contribution in [-0.2, 0) is 25.1 Å². The Bertz CT molecular complexity index is 1490. The maximum Gasteiger partial charge on any atom is 0.301 e. The van der Waals surface area contributed by atoms with E-state index in [2.05, 4.69) is 64.7 Å². The van der Waals surface area contributed by atoms with Gasteiger partial charge in [-0.05, 0) is 82.1 Å². The highest BCUT2D eigenvalue weighted by atomic mass is 35.5. The number of imidazole rings is 1. The zero-order valence-electron chi connectivity index (χ0n) is 28.0. The molecular weight excluding hydrogens is 640 g/mol. The van der Waals surface area contributed by atoms with Gasteiger partial charge < -0.3 is 28.9 Å². The molecule has 4 atom stereocenters. The Morgan fingerprint density at radius 3 is 2.35 bits per heavy atom. The van der Waals surface area contributed by atoms with Crippen molar-refractivity contribution in [3.63, 3.8) is 0 Å². The monoisotopic (exact) mass is 688 g/mol. The van der Waals surface area contributed by atoms with E-state index >= 15 is 0 Å². The van der Waals surface area contributed by atoms with E-state index in [1.54, 1.807) is 0 Å². The second kappa shape index (κ2) is 14.0. The minimum absolute atomic E-state index is 0.0217. The number of benzene rings is 1. The summed E-state index contributed by atoms with van der Waals surface area (Å²) < 4.78 is 33.0. The van der Waals surface area contributed by atoms with Gasteiger partial charge in [-0.25, -0.2) is 4.98 Å². The Labute approximate surface area is 283 Å². The van der Waals surface area contributed by atoms with Gasteiger partial charge in [-0.2, -0.15) is 4.98 Å². The summed E-state index contributed by atoms with van der Waals surface area (Å²) in [6.07, 6.45) is 3.48. The number of nitrogens with two attached hydrogens (primary N) is 1. The molecule has 0 radical (unpaired) electrons. The van der Waals surface area contributed by atoms with Gasteiger partial charge in [-0.3, -0.25) is 4.57 Å². The molecule has 46 heavy (non-hydrogen) atoms. The summed E-state index contributed by atoms with van der Waals surface area (Å²) in [5, 5.41) is 0.541. The van der Waals surface area contributed by atoms with Crippen LogP contribution in [0.15, 0.2) is 30.3 Å². The lowest BCUT2D eigenvalue weighted by molar-refractivity contribution is 0.0125. The first-order chi connectivity index (χ1) is 21.8. The molecule has 6 rings (SSSR count). The van der Waals surface area contributed by atoms with Crippen LogP contribution in [0.2, 0.25) is 30.7 Å². The van der Waals surface area contributed by atoms with E-state index in [1.165, 1.54) is 17.6 Å². The number of fused-ring (bicyclic) bond motifs is 2. The van der Waals surface area contributed by atoms with Crippen molar-refractivity contribution in [2.45, 2.75) is 120 Å². The summed E-state index contributed by atoms with van der Waals surface area (Å²) in [5.41, 5.74) is 10.5. The number of aromatic nitrogens is 3. The molecule has 2 saturated heterocycles. The number of ether oxygens (including phenoxy) is 4. The van der Waals surface area contributed by atoms with Crippen LogP contribution < -0.4 is 10.5 Å². The summed E-state index contributed by atoms with van der Waals surface area (Å²) in [6, 6.07) is 12.3. The molecule has 0 amide bonds. The smallest absolute Gasteiger partial charge is 0.301 e. The third-order valence-corrected chi connectivity index (χ3v) is 11.8. The molecule has 2 aliphatic heterocycles. The molecule has 1 saturated carbocycles. The lowest BCUT2D eigenvalue weighted by Crippen LogP contribution is -2.35. The first-order valence-electron chi connectivity index (χ1n) is 16.6. The van der Waals surface area contributed by atoms with Crippen molar-refractivity contribution >= 4 is 42.9 Å². The van der Waals surface area contributed by atoms with Crippen LogP contribution in [0.25, 0.3) is 22.4 Å². The molecule has 252 valence electrons. The fraction of sp³-hybridized carbons (Fsp3) is 0.647. The van der Waals surface area contributed by atoms with Gasteiger partial charge in [0.1, 0.15) is 30.6 Å². The van der Waals surface area contributed by atoms with Crippen LogP contribution >= 0.6 is 23.6 Å². The zero-order chi connectivity index (χ0) is 32.6. The summed E-state index contributed by atoms with van der Waals surface area (Å²) in [7, 11) is -1.26. The predicted molar refractivity (Wildman–Crippen MR) is 187 cm³/mol. The third kappa shape index (κ3) is 8.11. The standard InChI is InChI=1S/C34H49ClN4O5SSi/c1-34(2,3)45-44-28-19-42-30-27(18-41-31(28)30)43-33-37-26-17-25(35)29(38-32(26)39(33)20-40-15-16-46(4,5)6)23-9-7-21(8-10-23)22-11-13-24(36)14-12-22/h7-10,17,22,24,27-28,30-31H,11-16,18-20,36H2,1-6H3/t22?,24?,27-,28-,30-,31-/m1/s1. The SMILES string of the molecule is CC(C)(C)SO[C@@H]1CO[C@H]2[C@@H]1OC[C@H]2Oc1nc2cc(Cl)c(-c3ccc(C4CCC(N)CC4)cc3)nc2n1COCC[Si](C)(C)C. The normalized spacial score (nSPS) is 27.0. The van der Waals surface area contributed by atoms with Gasteiger partial charge in [0.2, 0.25) is 0 Å². The molecule has 0 spiro atoms. The Balaban J connectivity index is 1.24. The maximum absolute atomic E-state index is 6.85. The molecule has 2 N–H and O–H groups in total. The molecule has 0 bridgehead atoms. The van der Waals surface area contributed by atoms with Gasteiger partial charge >= 0.3 is 6.01 Å². The third-order valence-electron chi connectivity index (χ3n) is 8.92. The molecule has 1 aromatic carbocycles.